The van der Waals surface area contributed by atoms with Crippen LogP contribution in [0.3, 0.4) is 0 Å². The summed E-state index contributed by atoms with van der Waals surface area (Å²) in [5.74, 6) is 0. The fourth-order valence-electron chi connectivity index (χ4n) is 0.595. The van der Waals surface area contributed by atoms with Gasteiger partial charge in [-0.05, 0) is 6.42 Å². The number of hydrogen-bond acceptors (Lipinski definition) is 1. The topological polar surface area (TPSA) is 20.2 Å². The van der Waals surface area contributed by atoms with Gasteiger partial charge in [-0.25, -0.2) is 0 Å². The molecule has 0 aliphatic carbocycles. The third-order valence-electron chi connectivity index (χ3n) is 1.17. The van der Waals surface area contributed by atoms with E-state index in [1.165, 1.54) is 6.08 Å². The van der Waals surface area contributed by atoms with Crippen molar-refractivity contribution in [3.05, 3.63) is 43.2 Å². The first-order valence-corrected chi connectivity index (χ1v) is 3.06. The Labute approximate surface area is 61.7 Å². The molecule has 54 valence electrons. The highest BCUT2D eigenvalue weighted by Gasteiger charge is 2.01. The van der Waals surface area contributed by atoms with Crippen LogP contribution < -0.4 is 0 Å². The predicted octanol–water partition coefficient (Wildman–Crippen LogP) is 1.82. The van der Waals surface area contributed by atoms with E-state index in [-0.39, 0.29) is 0 Å². The summed E-state index contributed by atoms with van der Waals surface area (Å²) in [5, 5.41) is 9.14. The first-order chi connectivity index (χ1) is 4.76. The van der Waals surface area contributed by atoms with Crippen LogP contribution in [-0.2, 0) is 0 Å². The lowest BCUT2D eigenvalue weighted by molar-refractivity contribution is 0.257. The van der Waals surface area contributed by atoms with Crippen molar-refractivity contribution in [3.63, 3.8) is 0 Å². The fraction of sp³-hybridized carbons (Fsp3) is 0.222. The van der Waals surface area contributed by atoms with Gasteiger partial charge in [0.05, 0.1) is 0 Å². The zero-order valence-electron chi connectivity index (χ0n) is 6.01. The van der Waals surface area contributed by atoms with Crippen molar-refractivity contribution in [3.8, 4) is 0 Å². The second-order valence-electron chi connectivity index (χ2n) is 1.88. The van der Waals surface area contributed by atoms with Crippen LogP contribution in [0.15, 0.2) is 43.2 Å². The van der Waals surface area contributed by atoms with E-state index in [2.05, 4.69) is 25.5 Å². The molecule has 0 amide bonds. The molecule has 0 radical (unpaired) electrons. The summed E-state index contributed by atoms with van der Waals surface area (Å²) < 4.78 is 0. The van der Waals surface area contributed by atoms with Crippen molar-refractivity contribution >= 4 is 0 Å². The van der Waals surface area contributed by atoms with Gasteiger partial charge < -0.3 is 5.11 Å². The Morgan fingerprint density at radius 2 is 2.20 bits per heavy atom. The Morgan fingerprint density at radius 1 is 1.60 bits per heavy atom. The second kappa shape index (κ2) is 4.80. The lowest BCUT2D eigenvalue weighted by Gasteiger charge is -2.04. The van der Waals surface area contributed by atoms with E-state index in [4.69, 9.17) is 5.11 Å². The smallest absolute Gasteiger partial charge is 0.101 e. The Bertz CT molecular complexity index is 173. The van der Waals surface area contributed by atoms with Crippen LogP contribution in [-0.4, -0.2) is 11.2 Å². The highest BCUT2D eigenvalue weighted by atomic mass is 16.3. The van der Waals surface area contributed by atoms with Crippen molar-refractivity contribution in [2.75, 3.05) is 0 Å². The molecular formula is C9H12O. The molecular weight excluding hydrogens is 124 g/mol. The molecule has 0 bridgehead atoms. The van der Waals surface area contributed by atoms with Crippen LogP contribution in [0.25, 0.3) is 0 Å². The van der Waals surface area contributed by atoms with E-state index >= 15 is 0 Å². The Balaban J connectivity index is 4.21. The zero-order chi connectivity index (χ0) is 7.98. The van der Waals surface area contributed by atoms with Crippen LogP contribution in [0.2, 0.25) is 0 Å². The van der Waals surface area contributed by atoms with Gasteiger partial charge >= 0.3 is 0 Å². The molecule has 10 heavy (non-hydrogen) atoms. The monoisotopic (exact) mass is 136 g/mol. The molecule has 0 heterocycles. The van der Waals surface area contributed by atoms with E-state index < -0.39 is 6.10 Å². The highest BCUT2D eigenvalue weighted by Crippen LogP contribution is 2.06. The minimum absolute atomic E-state index is 0.608. The number of hydrogen-bond donors (Lipinski definition) is 1. The van der Waals surface area contributed by atoms with E-state index in [1.54, 1.807) is 6.08 Å². The summed E-state index contributed by atoms with van der Waals surface area (Å²) in [7, 11) is 0. The van der Waals surface area contributed by atoms with Gasteiger partial charge in [0.2, 0.25) is 0 Å². The van der Waals surface area contributed by atoms with Crippen LogP contribution in [0, 0.1) is 0 Å². The molecule has 0 aliphatic rings. The van der Waals surface area contributed by atoms with Gasteiger partial charge in [-0.1, -0.05) is 18.7 Å². The Hall–Kier alpha value is -1.04. The minimum atomic E-state index is -0.629. The summed E-state index contributed by atoms with van der Waals surface area (Å²) in [6.07, 6.45) is 3.11. The minimum Gasteiger partial charge on any atom is -0.384 e. The largest absolute Gasteiger partial charge is 0.384 e. The van der Waals surface area contributed by atoms with Gasteiger partial charge in [-0.3, -0.25) is 0 Å². The van der Waals surface area contributed by atoms with Gasteiger partial charge in [0, 0.05) is 5.57 Å². The maximum absolute atomic E-state index is 9.14. The van der Waals surface area contributed by atoms with Crippen LogP contribution in [0.1, 0.15) is 6.42 Å². The molecule has 0 aliphatic heterocycles. The van der Waals surface area contributed by atoms with Crippen LogP contribution in [0.5, 0.6) is 0 Å². The Kier molecular flexibility index (Phi) is 4.30. The maximum atomic E-state index is 9.14. The second-order valence-corrected chi connectivity index (χ2v) is 1.88. The van der Waals surface area contributed by atoms with Gasteiger partial charge in [-0.2, -0.15) is 0 Å². The van der Waals surface area contributed by atoms with E-state index in [0.717, 1.165) is 0 Å². The number of aliphatic hydroxyl groups is 1. The summed E-state index contributed by atoms with van der Waals surface area (Å²) in [6.45, 7) is 10.4. The van der Waals surface area contributed by atoms with Gasteiger partial charge in [-0.15, -0.1) is 18.9 Å². The summed E-state index contributed by atoms with van der Waals surface area (Å²) in [5.41, 5.74) is 3.34. The fourth-order valence-corrected chi connectivity index (χ4v) is 0.595. The normalized spacial score (nSPS) is 11.3. The average molecular weight is 136 g/mol. The SMILES string of the molecule is C=C=C(CC=C)C(O)C=C. The Morgan fingerprint density at radius 3 is 2.50 bits per heavy atom. The zero-order valence-corrected chi connectivity index (χ0v) is 6.01. The molecule has 0 aromatic rings. The molecule has 1 unspecified atom stereocenters. The summed E-state index contributed by atoms with van der Waals surface area (Å²) >= 11 is 0. The number of rotatable bonds is 4. The first-order valence-electron chi connectivity index (χ1n) is 3.06. The van der Waals surface area contributed by atoms with Crippen molar-refractivity contribution in [1.82, 2.24) is 0 Å². The quantitative estimate of drug-likeness (QED) is 0.461. The molecule has 0 saturated carbocycles. The molecule has 1 heteroatoms. The van der Waals surface area contributed by atoms with E-state index in [9.17, 15) is 0 Å². The molecule has 0 spiro atoms. The van der Waals surface area contributed by atoms with Gasteiger partial charge in [0.1, 0.15) is 6.10 Å². The lowest BCUT2D eigenvalue weighted by Crippen LogP contribution is -2.03. The number of aliphatic hydroxyl groups excluding tert-OH is 1. The van der Waals surface area contributed by atoms with E-state index in [1.807, 2.05) is 0 Å². The van der Waals surface area contributed by atoms with Crippen LogP contribution >= 0.6 is 0 Å². The maximum Gasteiger partial charge on any atom is 0.101 e. The molecule has 1 nitrogen and oxygen atoms in total. The third-order valence-corrected chi connectivity index (χ3v) is 1.17. The van der Waals surface area contributed by atoms with Crippen molar-refractivity contribution in [2.24, 2.45) is 0 Å². The van der Waals surface area contributed by atoms with Crippen LogP contribution in [0.4, 0.5) is 0 Å². The van der Waals surface area contributed by atoms with Gasteiger partial charge in [0.25, 0.3) is 0 Å². The molecule has 1 atom stereocenters. The molecule has 0 saturated heterocycles. The standard InChI is InChI=1S/C9H12O/c1-4-7-8(5-2)9(10)6-3/h4,6,9-10H,1-3,7H2. The molecule has 0 aromatic heterocycles. The van der Waals surface area contributed by atoms with Gasteiger partial charge in [0.15, 0.2) is 0 Å². The molecule has 0 rings (SSSR count). The molecule has 1 N–H and O–H groups in total. The van der Waals surface area contributed by atoms with E-state index in [0.29, 0.717) is 12.0 Å². The number of allylic oxidation sites excluding steroid dienone is 1. The van der Waals surface area contributed by atoms with Crippen molar-refractivity contribution in [2.45, 2.75) is 12.5 Å². The third kappa shape index (κ3) is 2.49. The molecule has 0 fully saturated rings. The van der Waals surface area contributed by atoms with Crippen molar-refractivity contribution < 1.29 is 5.11 Å². The molecule has 0 aromatic carbocycles. The summed E-state index contributed by atoms with van der Waals surface area (Å²) in [4.78, 5) is 0. The lowest BCUT2D eigenvalue weighted by atomic mass is 10.1. The summed E-state index contributed by atoms with van der Waals surface area (Å²) in [6, 6.07) is 0. The average Bonchev–Trinajstić information content (AvgIpc) is 1.99. The first kappa shape index (κ1) is 8.96. The highest BCUT2D eigenvalue weighted by molar-refractivity contribution is 5.14. The predicted molar refractivity (Wildman–Crippen MR) is 43.7 cm³/mol. The van der Waals surface area contributed by atoms with Crippen molar-refractivity contribution in [1.29, 1.82) is 0 Å².